The molecule has 2 atom stereocenters. The maximum atomic E-state index is 13.4. The van der Waals surface area contributed by atoms with Gasteiger partial charge in [-0.2, -0.15) is 0 Å². The summed E-state index contributed by atoms with van der Waals surface area (Å²) in [5, 5.41) is 0.969. The van der Waals surface area contributed by atoms with Crippen LogP contribution in [0.4, 0.5) is 10.1 Å². The normalized spacial score (nSPS) is 22.7. The summed E-state index contributed by atoms with van der Waals surface area (Å²) >= 11 is 19.1. The van der Waals surface area contributed by atoms with Crippen LogP contribution < -0.4 is 4.90 Å². The molecule has 1 amide bonds. The van der Waals surface area contributed by atoms with E-state index in [4.69, 9.17) is 35.4 Å². The molecule has 0 N–H and O–H groups in total. The molecule has 128 valence electrons. The number of halogens is 3. The van der Waals surface area contributed by atoms with Crippen molar-refractivity contribution in [3.8, 4) is 0 Å². The van der Waals surface area contributed by atoms with Crippen molar-refractivity contribution in [3.05, 3.63) is 63.9 Å². The maximum Gasteiger partial charge on any atom is 0.257 e. The van der Waals surface area contributed by atoms with Gasteiger partial charge in [-0.25, -0.2) is 4.39 Å². The third-order valence-electron chi connectivity index (χ3n) is 4.23. The summed E-state index contributed by atoms with van der Waals surface area (Å²) in [5.74, 6) is -0.00718. The first-order valence-electron chi connectivity index (χ1n) is 7.46. The second-order valence-electron chi connectivity index (χ2n) is 5.71. The fourth-order valence-electron chi connectivity index (χ4n) is 3.04. The summed E-state index contributed by atoms with van der Waals surface area (Å²) in [6.45, 7) is 0. The lowest BCUT2D eigenvalue weighted by molar-refractivity contribution is -0.119. The number of carbonyl (C=O) groups is 1. The highest BCUT2D eigenvalue weighted by molar-refractivity contribution is 7.99. The van der Waals surface area contributed by atoms with Crippen molar-refractivity contribution in [1.82, 2.24) is 4.90 Å². The Labute approximate surface area is 163 Å². The zero-order chi connectivity index (χ0) is 17.7. The van der Waals surface area contributed by atoms with Crippen molar-refractivity contribution in [2.24, 2.45) is 0 Å². The van der Waals surface area contributed by atoms with Crippen LogP contribution in [0.25, 0.3) is 0 Å². The van der Waals surface area contributed by atoms with Crippen LogP contribution in [0.3, 0.4) is 0 Å². The van der Waals surface area contributed by atoms with Crippen molar-refractivity contribution in [3.63, 3.8) is 0 Å². The van der Waals surface area contributed by atoms with Gasteiger partial charge in [0.05, 0.1) is 10.7 Å². The van der Waals surface area contributed by atoms with Gasteiger partial charge >= 0.3 is 0 Å². The fraction of sp³-hybridized carbons (Fsp3) is 0.176. The Balaban J connectivity index is 1.68. The molecule has 0 radical (unpaired) electrons. The minimum Gasteiger partial charge on any atom is -0.319 e. The molecule has 2 fully saturated rings. The number of nitrogens with zero attached hydrogens (tertiary/aromatic N) is 2. The average Bonchev–Trinajstić information content (AvgIpc) is 3.12. The molecule has 0 aliphatic carbocycles. The van der Waals surface area contributed by atoms with Crippen molar-refractivity contribution in [2.45, 2.75) is 11.4 Å². The minimum atomic E-state index is -0.530. The van der Waals surface area contributed by atoms with Crippen molar-refractivity contribution in [2.75, 3.05) is 10.7 Å². The average molecular weight is 413 g/mol. The van der Waals surface area contributed by atoms with E-state index in [1.807, 2.05) is 29.2 Å². The summed E-state index contributed by atoms with van der Waals surface area (Å²) in [5.41, 5.74) is 1.52. The van der Waals surface area contributed by atoms with Gasteiger partial charge in [-0.15, -0.1) is 11.8 Å². The van der Waals surface area contributed by atoms with E-state index in [9.17, 15) is 9.18 Å². The second-order valence-corrected chi connectivity index (χ2v) is 8.04. The number of thioether (sulfide) groups is 1. The quantitative estimate of drug-likeness (QED) is 0.655. The molecule has 2 heterocycles. The Morgan fingerprint density at radius 1 is 1.16 bits per heavy atom. The first-order valence-corrected chi connectivity index (χ1v) is 9.67. The highest BCUT2D eigenvalue weighted by atomic mass is 35.5. The summed E-state index contributed by atoms with van der Waals surface area (Å²) in [6.07, 6.45) is 0. The van der Waals surface area contributed by atoms with Crippen LogP contribution in [0.2, 0.25) is 10.0 Å². The summed E-state index contributed by atoms with van der Waals surface area (Å²) in [4.78, 5) is 16.2. The SMILES string of the molecule is O=C1[C@@H]2CSC(c3ccc(Cl)cc3)N2C(=S)N1c1ccc(F)c(Cl)c1. The van der Waals surface area contributed by atoms with Gasteiger partial charge in [-0.05, 0) is 48.1 Å². The summed E-state index contributed by atoms with van der Waals surface area (Å²) < 4.78 is 13.4. The Morgan fingerprint density at radius 2 is 1.88 bits per heavy atom. The monoisotopic (exact) mass is 412 g/mol. The van der Waals surface area contributed by atoms with E-state index in [0.717, 1.165) is 5.56 Å². The van der Waals surface area contributed by atoms with Crippen LogP contribution >= 0.6 is 47.2 Å². The number of fused-ring (bicyclic) bond motifs is 1. The predicted octanol–water partition coefficient (Wildman–Crippen LogP) is 4.88. The van der Waals surface area contributed by atoms with Gasteiger partial charge in [0.25, 0.3) is 5.91 Å². The molecule has 0 saturated carbocycles. The second kappa shape index (κ2) is 6.43. The Morgan fingerprint density at radius 3 is 2.56 bits per heavy atom. The van der Waals surface area contributed by atoms with E-state index in [1.165, 1.54) is 23.1 Å². The van der Waals surface area contributed by atoms with Gasteiger partial charge in [0, 0.05) is 10.8 Å². The van der Waals surface area contributed by atoms with E-state index in [0.29, 0.717) is 21.6 Å². The Hall–Kier alpha value is -1.34. The topological polar surface area (TPSA) is 23.6 Å². The van der Waals surface area contributed by atoms with E-state index in [1.54, 1.807) is 11.8 Å². The fourth-order valence-corrected chi connectivity index (χ4v) is 5.26. The standard InChI is InChI=1S/C17H11Cl2FN2OS2/c18-10-3-1-9(2-4-10)16-22-14(8-25-16)15(23)21(17(22)24)11-5-6-13(20)12(19)7-11/h1-7,14,16H,8H2/t14-,16?/m0/s1. The molecule has 1 unspecified atom stereocenters. The molecule has 3 nitrogen and oxygen atoms in total. The first-order chi connectivity index (χ1) is 12.0. The Kier molecular flexibility index (Phi) is 4.40. The number of carbonyl (C=O) groups excluding carboxylic acids is 1. The molecule has 2 aromatic rings. The molecule has 2 aliphatic heterocycles. The molecule has 2 aromatic carbocycles. The van der Waals surface area contributed by atoms with Crippen LogP contribution in [0.5, 0.6) is 0 Å². The van der Waals surface area contributed by atoms with Gasteiger partial charge in [0.2, 0.25) is 0 Å². The van der Waals surface area contributed by atoms with E-state index in [2.05, 4.69) is 0 Å². The number of rotatable bonds is 2. The molecular weight excluding hydrogens is 402 g/mol. The number of benzene rings is 2. The van der Waals surface area contributed by atoms with E-state index >= 15 is 0 Å². The van der Waals surface area contributed by atoms with Gasteiger partial charge in [0.1, 0.15) is 17.2 Å². The van der Waals surface area contributed by atoms with Crippen LogP contribution in [-0.4, -0.2) is 27.7 Å². The Bertz CT molecular complexity index is 877. The molecule has 2 saturated heterocycles. The minimum absolute atomic E-state index is 0.0382. The number of hydrogen-bond donors (Lipinski definition) is 0. The van der Waals surface area contributed by atoms with Gasteiger partial charge in [-0.1, -0.05) is 35.3 Å². The van der Waals surface area contributed by atoms with E-state index in [-0.39, 0.29) is 22.3 Å². The van der Waals surface area contributed by atoms with Crippen molar-refractivity contribution < 1.29 is 9.18 Å². The third-order valence-corrected chi connectivity index (χ3v) is 6.49. The largest absolute Gasteiger partial charge is 0.319 e. The van der Waals surface area contributed by atoms with Gasteiger partial charge < -0.3 is 4.90 Å². The van der Waals surface area contributed by atoms with Crippen molar-refractivity contribution in [1.29, 1.82) is 0 Å². The predicted molar refractivity (Wildman–Crippen MR) is 104 cm³/mol. The zero-order valence-corrected chi connectivity index (χ0v) is 15.8. The molecule has 0 aromatic heterocycles. The van der Waals surface area contributed by atoms with E-state index < -0.39 is 5.82 Å². The highest BCUT2D eigenvalue weighted by Gasteiger charge is 2.50. The highest BCUT2D eigenvalue weighted by Crippen LogP contribution is 2.46. The van der Waals surface area contributed by atoms with Crippen LogP contribution in [0.1, 0.15) is 10.9 Å². The van der Waals surface area contributed by atoms with Crippen molar-refractivity contribution >= 4 is 63.9 Å². The molecule has 0 spiro atoms. The lowest BCUT2D eigenvalue weighted by Crippen LogP contribution is -2.33. The lowest BCUT2D eigenvalue weighted by Gasteiger charge is -2.25. The number of anilines is 1. The summed E-state index contributed by atoms with van der Waals surface area (Å²) in [6, 6.07) is 11.4. The lowest BCUT2D eigenvalue weighted by atomic mass is 10.2. The molecule has 0 bridgehead atoms. The van der Waals surface area contributed by atoms with Gasteiger partial charge in [0.15, 0.2) is 5.11 Å². The molecule has 25 heavy (non-hydrogen) atoms. The smallest absolute Gasteiger partial charge is 0.257 e. The van der Waals surface area contributed by atoms with Crippen LogP contribution in [0.15, 0.2) is 42.5 Å². The zero-order valence-electron chi connectivity index (χ0n) is 12.7. The first kappa shape index (κ1) is 17.1. The third kappa shape index (κ3) is 2.81. The van der Waals surface area contributed by atoms with Crippen LogP contribution in [-0.2, 0) is 4.79 Å². The molecule has 8 heteroatoms. The molecule has 4 rings (SSSR count). The number of thiocarbonyl (C=S) groups is 1. The molecular formula is C17H11Cl2FN2OS2. The van der Waals surface area contributed by atoms with Crippen LogP contribution in [0, 0.1) is 5.82 Å². The number of amides is 1. The number of hydrogen-bond acceptors (Lipinski definition) is 3. The van der Waals surface area contributed by atoms with Gasteiger partial charge in [-0.3, -0.25) is 9.69 Å². The maximum absolute atomic E-state index is 13.4. The summed E-state index contributed by atoms with van der Waals surface area (Å²) in [7, 11) is 0. The molecule has 2 aliphatic rings.